The number of halogens is 2. The molecule has 5 rings (SSSR count). The molecular weight excluding hydrogens is 482 g/mol. The van der Waals surface area contributed by atoms with Gasteiger partial charge >= 0.3 is 6.61 Å². The molecule has 0 saturated heterocycles. The highest BCUT2D eigenvalue weighted by Gasteiger charge is 2.19. The lowest BCUT2D eigenvalue weighted by Crippen LogP contribution is -2.08. The molecule has 0 aliphatic rings. The van der Waals surface area contributed by atoms with Crippen LogP contribution >= 0.6 is 0 Å². The van der Waals surface area contributed by atoms with Crippen LogP contribution in [0.15, 0.2) is 54.9 Å². The summed E-state index contributed by atoms with van der Waals surface area (Å²) >= 11 is 0. The Labute approximate surface area is 210 Å². The van der Waals surface area contributed by atoms with Crippen LogP contribution < -0.4 is 10.1 Å². The highest BCUT2D eigenvalue weighted by molar-refractivity contribution is 5.82. The molecule has 0 saturated carbocycles. The fourth-order valence-corrected chi connectivity index (χ4v) is 3.86. The predicted octanol–water partition coefficient (Wildman–Crippen LogP) is 4.68. The summed E-state index contributed by atoms with van der Waals surface area (Å²) in [4.78, 5) is 9.26. The topological polar surface area (TPSA) is 124 Å². The first kappa shape index (κ1) is 24.1. The van der Waals surface area contributed by atoms with Gasteiger partial charge in [-0.3, -0.25) is 4.57 Å². The second-order valence-corrected chi connectivity index (χ2v) is 8.35. The Bertz CT molecular complexity index is 1570. The Morgan fingerprint density at radius 3 is 2.54 bits per heavy atom. The van der Waals surface area contributed by atoms with Crippen LogP contribution in [-0.4, -0.2) is 46.6 Å². The zero-order valence-electron chi connectivity index (χ0n) is 20.1. The number of anilines is 2. The molecule has 1 unspecified atom stereocenters. The molecule has 0 aliphatic carbocycles. The minimum Gasteiger partial charge on any atom is -0.415 e. The molecule has 5 aromatic rings. The van der Waals surface area contributed by atoms with Gasteiger partial charge in [0.05, 0.1) is 34.2 Å². The van der Waals surface area contributed by atoms with E-state index in [-0.39, 0.29) is 5.88 Å². The zero-order valence-corrected chi connectivity index (χ0v) is 20.1. The number of hydrogen-bond acceptors (Lipinski definition) is 9. The van der Waals surface area contributed by atoms with E-state index in [1.165, 1.54) is 6.07 Å². The van der Waals surface area contributed by atoms with Crippen molar-refractivity contribution in [1.82, 2.24) is 34.9 Å². The number of nitrogens with zero attached hydrogens (tertiary/aromatic N) is 7. The second kappa shape index (κ2) is 9.82. The Balaban J connectivity index is 1.54. The van der Waals surface area contributed by atoms with Gasteiger partial charge < -0.3 is 15.2 Å². The summed E-state index contributed by atoms with van der Waals surface area (Å²) in [5.74, 6) is 0.784. The number of alkyl halides is 2. The molecule has 37 heavy (non-hydrogen) atoms. The summed E-state index contributed by atoms with van der Waals surface area (Å²) in [6.07, 6.45) is 0.763. The van der Waals surface area contributed by atoms with Crippen molar-refractivity contribution < 1.29 is 18.6 Å². The van der Waals surface area contributed by atoms with Crippen molar-refractivity contribution in [3.8, 4) is 23.0 Å². The number of aliphatic hydroxyl groups is 1. The van der Waals surface area contributed by atoms with Gasteiger partial charge in [0.1, 0.15) is 12.1 Å². The van der Waals surface area contributed by atoms with Crippen molar-refractivity contribution in [2.45, 2.75) is 33.5 Å². The van der Waals surface area contributed by atoms with E-state index in [1.807, 2.05) is 37.3 Å². The Kier molecular flexibility index (Phi) is 6.40. The molecule has 10 nitrogen and oxygen atoms in total. The lowest BCUT2D eigenvalue weighted by molar-refractivity contribution is -0.0534. The molecule has 1 aromatic carbocycles. The number of nitrogens with one attached hydrogen (secondary N) is 1. The number of rotatable bonds is 7. The minimum atomic E-state index is -3.05. The number of aliphatic hydroxyl groups excluding tert-OH is 1. The first-order valence-corrected chi connectivity index (χ1v) is 11.3. The standard InChI is InChI=1S/C25H22F2N8O2/c1-13-4-8-21(33-31-13)29-16-5-7-20-19(10-16)28-12-35(20)22-9-6-17(15(3)36)24(30-22)18-11-23(37-25(26)27)34-32-14(18)2/h4-12,15,25,36H,1-3H3,(H,29,33). The van der Waals surface area contributed by atoms with Crippen LogP contribution in [0.5, 0.6) is 5.88 Å². The van der Waals surface area contributed by atoms with Gasteiger partial charge in [0.25, 0.3) is 0 Å². The number of fused-ring (bicyclic) bond motifs is 1. The van der Waals surface area contributed by atoms with Gasteiger partial charge in [0.15, 0.2) is 5.82 Å². The Morgan fingerprint density at radius 2 is 1.81 bits per heavy atom. The number of aryl methyl sites for hydroxylation is 2. The Morgan fingerprint density at radius 1 is 0.973 bits per heavy atom. The predicted molar refractivity (Wildman–Crippen MR) is 132 cm³/mol. The maximum atomic E-state index is 12.8. The van der Waals surface area contributed by atoms with Crippen LogP contribution in [0, 0.1) is 13.8 Å². The maximum Gasteiger partial charge on any atom is 0.388 e. The molecule has 4 aromatic heterocycles. The average Bonchev–Trinajstić information content (AvgIpc) is 3.29. The van der Waals surface area contributed by atoms with E-state index in [1.54, 1.807) is 36.9 Å². The Hall–Kier alpha value is -4.58. The molecule has 0 radical (unpaired) electrons. The molecule has 12 heteroatoms. The fourth-order valence-electron chi connectivity index (χ4n) is 3.86. The van der Waals surface area contributed by atoms with Crippen molar-refractivity contribution in [3.05, 3.63) is 71.8 Å². The van der Waals surface area contributed by atoms with E-state index < -0.39 is 12.7 Å². The van der Waals surface area contributed by atoms with Crippen LogP contribution in [0.2, 0.25) is 0 Å². The van der Waals surface area contributed by atoms with Gasteiger partial charge in [0.2, 0.25) is 5.88 Å². The number of hydrogen-bond donors (Lipinski definition) is 2. The molecule has 1 atom stereocenters. The monoisotopic (exact) mass is 504 g/mol. The van der Waals surface area contributed by atoms with E-state index >= 15 is 0 Å². The van der Waals surface area contributed by atoms with Crippen molar-refractivity contribution in [2.24, 2.45) is 0 Å². The van der Waals surface area contributed by atoms with Gasteiger partial charge in [0, 0.05) is 22.9 Å². The first-order chi connectivity index (χ1) is 17.8. The summed E-state index contributed by atoms with van der Waals surface area (Å²) in [7, 11) is 0. The first-order valence-electron chi connectivity index (χ1n) is 11.3. The summed E-state index contributed by atoms with van der Waals surface area (Å²) in [5.41, 5.74) is 4.84. The van der Waals surface area contributed by atoms with Crippen LogP contribution in [0.25, 0.3) is 28.1 Å². The van der Waals surface area contributed by atoms with Gasteiger partial charge in [-0.2, -0.15) is 19.0 Å². The minimum absolute atomic E-state index is 0.342. The third-order valence-electron chi connectivity index (χ3n) is 5.65. The molecule has 0 bridgehead atoms. The summed E-state index contributed by atoms with van der Waals surface area (Å²) < 4.78 is 31.7. The van der Waals surface area contributed by atoms with Crippen LogP contribution in [0.1, 0.15) is 30.0 Å². The quantitative estimate of drug-likeness (QED) is 0.325. The van der Waals surface area contributed by atoms with E-state index in [9.17, 15) is 13.9 Å². The van der Waals surface area contributed by atoms with Crippen LogP contribution in [0.4, 0.5) is 20.3 Å². The van der Waals surface area contributed by atoms with Crippen molar-refractivity contribution in [1.29, 1.82) is 0 Å². The molecule has 0 spiro atoms. The van der Waals surface area contributed by atoms with E-state index in [4.69, 9.17) is 4.98 Å². The fraction of sp³-hybridized carbons (Fsp3) is 0.200. The third-order valence-corrected chi connectivity index (χ3v) is 5.65. The lowest BCUT2D eigenvalue weighted by atomic mass is 10.0. The molecule has 0 amide bonds. The average molecular weight is 505 g/mol. The van der Waals surface area contributed by atoms with Crippen LogP contribution in [-0.2, 0) is 0 Å². The van der Waals surface area contributed by atoms with E-state index in [2.05, 4.69) is 35.4 Å². The molecule has 188 valence electrons. The van der Waals surface area contributed by atoms with E-state index in [0.717, 1.165) is 16.9 Å². The third kappa shape index (κ3) is 5.05. The van der Waals surface area contributed by atoms with Gasteiger partial charge in [-0.15, -0.1) is 10.2 Å². The molecule has 2 N–H and O–H groups in total. The van der Waals surface area contributed by atoms with Gasteiger partial charge in [-0.1, -0.05) is 6.07 Å². The number of aromatic nitrogens is 7. The van der Waals surface area contributed by atoms with Crippen molar-refractivity contribution in [2.75, 3.05) is 5.32 Å². The van der Waals surface area contributed by atoms with Gasteiger partial charge in [-0.05, 0) is 57.2 Å². The van der Waals surface area contributed by atoms with Crippen molar-refractivity contribution in [3.63, 3.8) is 0 Å². The second-order valence-electron chi connectivity index (χ2n) is 8.35. The molecule has 4 heterocycles. The van der Waals surface area contributed by atoms with Crippen LogP contribution in [0.3, 0.4) is 0 Å². The summed E-state index contributed by atoms with van der Waals surface area (Å²) in [6.45, 7) is 2.09. The highest BCUT2D eigenvalue weighted by atomic mass is 19.3. The summed E-state index contributed by atoms with van der Waals surface area (Å²) in [6, 6.07) is 14.2. The summed E-state index contributed by atoms with van der Waals surface area (Å²) in [5, 5.41) is 29.3. The number of pyridine rings is 1. The van der Waals surface area contributed by atoms with E-state index in [0.29, 0.717) is 39.7 Å². The van der Waals surface area contributed by atoms with Gasteiger partial charge in [-0.25, -0.2) is 9.97 Å². The maximum absolute atomic E-state index is 12.8. The number of imidazole rings is 1. The molecule has 0 fully saturated rings. The smallest absolute Gasteiger partial charge is 0.388 e. The normalized spacial score (nSPS) is 12.2. The number of benzene rings is 1. The number of ether oxygens (including phenoxy) is 1. The lowest BCUT2D eigenvalue weighted by Gasteiger charge is -2.15. The molecule has 0 aliphatic heterocycles. The largest absolute Gasteiger partial charge is 0.415 e. The SMILES string of the molecule is Cc1ccc(Nc2ccc3c(c2)ncn3-c2ccc(C(C)O)c(-c3cc(OC(F)F)nnc3C)n2)nn1. The highest BCUT2D eigenvalue weighted by Crippen LogP contribution is 2.32. The zero-order chi connectivity index (χ0) is 26.1. The van der Waals surface area contributed by atoms with Crippen molar-refractivity contribution >= 4 is 22.5 Å². The molecular formula is C25H22F2N8O2.